The van der Waals surface area contributed by atoms with Crippen LogP contribution in [-0.4, -0.2) is 30.4 Å². The number of carbonyl (C=O) groups is 1. The molecule has 1 aromatic heterocycles. The molecular formula is C17H17ClN2O3S. The molecule has 3 rings (SSSR count). The van der Waals surface area contributed by atoms with Gasteiger partial charge in [0.15, 0.2) is 11.5 Å². The van der Waals surface area contributed by atoms with Crippen LogP contribution in [0, 0.1) is 0 Å². The molecule has 0 unspecified atom stereocenters. The number of anilines is 1. The highest BCUT2D eigenvalue weighted by molar-refractivity contribution is 7.98. The first-order valence-corrected chi connectivity index (χ1v) is 9.14. The van der Waals surface area contributed by atoms with Gasteiger partial charge in [-0.2, -0.15) is 0 Å². The lowest BCUT2D eigenvalue weighted by molar-refractivity contribution is -0.115. The minimum Gasteiger partial charge on any atom is -0.489 e. The quantitative estimate of drug-likeness (QED) is 0.836. The van der Waals surface area contributed by atoms with Crippen LogP contribution in [0.5, 0.6) is 11.5 Å². The number of ether oxygens (including phenoxy) is 2. The van der Waals surface area contributed by atoms with Gasteiger partial charge in [0.1, 0.15) is 0 Å². The smallest absolute Gasteiger partial charge is 0.228 e. The van der Waals surface area contributed by atoms with E-state index in [2.05, 4.69) is 10.3 Å². The first-order valence-electron chi connectivity index (χ1n) is 7.53. The molecule has 0 spiro atoms. The molecule has 1 aliphatic heterocycles. The van der Waals surface area contributed by atoms with Crippen molar-refractivity contribution < 1.29 is 14.3 Å². The number of nitrogens with one attached hydrogen (secondary N) is 1. The third-order valence-electron chi connectivity index (χ3n) is 3.46. The molecule has 1 N–H and O–H groups in total. The van der Waals surface area contributed by atoms with Gasteiger partial charge < -0.3 is 14.8 Å². The van der Waals surface area contributed by atoms with Gasteiger partial charge in [-0.3, -0.25) is 4.79 Å². The fourth-order valence-electron chi connectivity index (χ4n) is 2.35. The normalized spacial score (nSPS) is 13.2. The SMILES string of the molecule is CSc1ccc(NC(=O)Cc2cc(Cl)c3c(c2)OCCCO3)cn1. The van der Waals surface area contributed by atoms with Gasteiger partial charge in [-0.05, 0) is 36.1 Å². The van der Waals surface area contributed by atoms with Gasteiger partial charge in [-0.1, -0.05) is 11.6 Å². The largest absolute Gasteiger partial charge is 0.489 e. The van der Waals surface area contributed by atoms with Crippen molar-refractivity contribution in [2.75, 3.05) is 24.8 Å². The van der Waals surface area contributed by atoms with Crippen LogP contribution in [-0.2, 0) is 11.2 Å². The Morgan fingerprint density at radius 2 is 2.17 bits per heavy atom. The van der Waals surface area contributed by atoms with E-state index in [-0.39, 0.29) is 12.3 Å². The van der Waals surface area contributed by atoms with E-state index < -0.39 is 0 Å². The molecule has 1 aromatic carbocycles. The van der Waals surface area contributed by atoms with Crippen LogP contribution >= 0.6 is 23.4 Å². The van der Waals surface area contributed by atoms with E-state index in [1.165, 1.54) is 0 Å². The van der Waals surface area contributed by atoms with Crippen LogP contribution in [0.4, 0.5) is 5.69 Å². The first kappa shape index (κ1) is 16.9. The standard InChI is InChI=1S/C17H17ClN2O3S/c1-24-16-4-3-12(10-19-16)20-15(21)9-11-7-13(18)17-14(8-11)22-5-2-6-23-17/h3-4,7-8,10H,2,5-6,9H2,1H3,(H,20,21). The summed E-state index contributed by atoms with van der Waals surface area (Å²) in [6.45, 7) is 1.15. The number of carbonyl (C=O) groups excluding carboxylic acids is 1. The van der Waals surface area contributed by atoms with Crippen LogP contribution in [0.3, 0.4) is 0 Å². The molecule has 0 aliphatic carbocycles. The Balaban J connectivity index is 1.69. The van der Waals surface area contributed by atoms with Gasteiger partial charge in [-0.15, -0.1) is 11.8 Å². The minimum absolute atomic E-state index is 0.140. The number of halogens is 1. The molecule has 0 bridgehead atoms. The van der Waals surface area contributed by atoms with E-state index in [9.17, 15) is 4.79 Å². The van der Waals surface area contributed by atoms with Crippen LogP contribution < -0.4 is 14.8 Å². The average Bonchev–Trinajstić information content (AvgIpc) is 2.81. The van der Waals surface area contributed by atoms with Gasteiger partial charge in [0.2, 0.25) is 5.91 Å². The number of benzene rings is 1. The molecule has 0 saturated carbocycles. The molecule has 24 heavy (non-hydrogen) atoms. The van der Waals surface area contributed by atoms with E-state index in [0.717, 1.165) is 17.0 Å². The number of hydrogen-bond acceptors (Lipinski definition) is 5. The lowest BCUT2D eigenvalue weighted by Crippen LogP contribution is -2.14. The summed E-state index contributed by atoms with van der Waals surface area (Å²) < 4.78 is 11.2. The summed E-state index contributed by atoms with van der Waals surface area (Å²) in [4.78, 5) is 16.5. The van der Waals surface area contributed by atoms with Crippen molar-refractivity contribution >= 4 is 35.0 Å². The van der Waals surface area contributed by atoms with Crippen molar-refractivity contribution in [3.8, 4) is 11.5 Å². The second-order valence-corrected chi connectivity index (χ2v) is 6.50. The zero-order chi connectivity index (χ0) is 16.9. The zero-order valence-corrected chi connectivity index (χ0v) is 14.7. The molecule has 0 radical (unpaired) electrons. The second-order valence-electron chi connectivity index (χ2n) is 5.27. The molecule has 0 atom stereocenters. The summed E-state index contributed by atoms with van der Waals surface area (Å²) in [6, 6.07) is 7.24. The van der Waals surface area contributed by atoms with Gasteiger partial charge in [0.05, 0.1) is 41.6 Å². The summed E-state index contributed by atoms with van der Waals surface area (Å²) in [7, 11) is 0. The Labute approximate surface area is 149 Å². The van der Waals surface area contributed by atoms with Crippen molar-refractivity contribution in [1.82, 2.24) is 4.98 Å². The van der Waals surface area contributed by atoms with Gasteiger partial charge in [0.25, 0.3) is 0 Å². The molecule has 1 amide bonds. The maximum absolute atomic E-state index is 12.2. The molecule has 1 aliphatic rings. The molecule has 2 heterocycles. The third kappa shape index (κ3) is 4.13. The molecule has 0 fully saturated rings. The Bertz CT molecular complexity index is 737. The van der Waals surface area contributed by atoms with E-state index in [1.54, 1.807) is 30.1 Å². The topological polar surface area (TPSA) is 60.5 Å². The Morgan fingerprint density at radius 1 is 1.33 bits per heavy atom. The third-order valence-corrected chi connectivity index (χ3v) is 4.40. The van der Waals surface area contributed by atoms with Crippen molar-refractivity contribution in [3.05, 3.63) is 41.0 Å². The Kier molecular flexibility index (Phi) is 5.48. The maximum Gasteiger partial charge on any atom is 0.228 e. The van der Waals surface area contributed by atoms with Gasteiger partial charge >= 0.3 is 0 Å². The molecule has 126 valence electrons. The van der Waals surface area contributed by atoms with E-state index >= 15 is 0 Å². The molecule has 5 nitrogen and oxygen atoms in total. The molecule has 2 aromatic rings. The predicted octanol–water partition coefficient (Wildman–Crippen LogP) is 3.80. The van der Waals surface area contributed by atoms with Crippen molar-refractivity contribution in [3.63, 3.8) is 0 Å². The lowest BCUT2D eigenvalue weighted by atomic mass is 10.1. The summed E-state index contributed by atoms with van der Waals surface area (Å²) in [5.41, 5.74) is 1.44. The Morgan fingerprint density at radius 3 is 2.92 bits per heavy atom. The van der Waals surface area contributed by atoms with Crippen LogP contribution in [0.1, 0.15) is 12.0 Å². The van der Waals surface area contributed by atoms with Crippen molar-refractivity contribution in [1.29, 1.82) is 0 Å². The molecular weight excluding hydrogens is 348 g/mol. The van der Waals surface area contributed by atoms with Gasteiger partial charge in [0, 0.05) is 6.42 Å². The highest BCUT2D eigenvalue weighted by atomic mass is 35.5. The summed E-state index contributed by atoms with van der Waals surface area (Å²) in [5.74, 6) is 1.00. The van der Waals surface area contributed by atoms with Crippen LogP contribution in [0.2, 0.25) is 5.02 Å². The molecule has 0 saturated heterocycles. The van der Waals surface area contributed by atoms with Gasteiger partial charge in [-0.25, -0.2) is 4.98 Å². The second kappa shape index (κ2) is 7.77. The number of fused-ring (bicyclic) bond motifs is 1. The fraction of sp³-hybridized carbons (Fsp3) is 0.294. The number of nitrogens with zero attached hydrogens (tertiary/aromatic N) is 1. The average molecular weight is 365 g/mol. The predicted molar refractivity (Wildman–Crippen MR) is 95.4 cm³/mol. The highest BCUT2D eigenvalue weighted by Crippen LogP contribution is 2.38. The van der Waals surface area contributed by atoms with Crippen molar-refractivity contribution in [2.24, 2.45) is 0 Å². The number of amides is 1. The first-order chi connectivity index (χ1) is 11.7. The van der Waals surface area contributed by atoms with E-state index in [4.69, 9.17) is 21.1 Å². The van der Waals surface area contributed by atoms with Crippen LogP contribution in [0.25, 0.3) is 0 Å². The number of pyridine rings is 1. The number of aromatic nitrogens is 1. The molecule has 7 heteroatoms. The number of thioether (sulfide) groups is 1. The van der Waals surface area contributed by atoms with E-state index in [1.807, 2.05) is 18.4 Å². The summed E-state index contributed by atoms with van der Waals surface area (Å²) in [6.07, 6.45) is 4.60. The fourth-order valence-corrected chi connectivity index (χ4v) is 3.00. The van der Waals surface area contributed by atoms with E-state index in [0.29, 0.717) is 35.4 Å². The monoisotopic (exact) mass is 364 g/mol. The summed E-state index contributed by atoms with van der Waals surface area (Å²) >= 11 is 7.80. The number of hydrogen-bond donors (Lipinski definition) is 1. The minimum atomic E-state index is -0.140. The maximum atomic E-state index is 12.2. The van der Waals surface area contributed by atoms with Crippen molar-refractivity contribution in [2.45, 2.75) is 17.9 Å². The summed E-state index contributed by atoms with van der Waals surface area (Å²) in [5, 5.41) is 4.19. The lowest BCUT2D eigenvalue weighted by Gasteiger charge is -2.11. The Hall–Kier alpha value is -1.92. The number of rotatable bonds is 4. The van der Waals surface area contributed by atoms with Crippen LogP contribution in [0.15, 0.2) is 35.5 Å². The zero-order valence-electron chi connectivity index (χ0n) is 13.2. The highest BCUT2D eigenvalue weighted by Gasteiger charge is 2.16.